The minimum Gasteiger partial charge on any atom is -0.253 e. The van der Waals surface area contributed by atoms with E-state index in [0.29, 0.717) is 0 Å². The van der Waals surface area contributed by atoms with Crippen LogP contribution in [0.25, 0.3) is 0 Å². The van der Waals surface area contributed by atoms with E-state index >= 15 is 0 Å². The third-order valence-corrected chi connectivity index (χ3v) is 1.58. The van der Waals surface area contributed by atoms with E-state index in [1.54, 1.807) is 12.7 Å². The molecule has 0 aliphatic heterocycles. The fourth-order valence-electron chi connectivity index (χ4n) is 0.734. The van der Waals surface area contributed by atoms with E-state index in [-0.39, 0.29) is 0 Å². The lowest BCUT2D eigenvalue weighted by Gasteiger charge is -1.96. The zero-order valence-electron chi connectivity index (χ0n) is 5.77. The molecule has 0 amide bonds. The molecule has 4 heteroatoms. The van der Waals surface area contributed by atoms with Crippen LogP contribution in [-0.4, -0.2) is 20.5 Å². The first kappa shape index (κ1) is 7.60. The van der Waals surface area contributed by atoms with E-state index < -0.39 is 0 Å². The summed E-state index contributed by atoms with van der Waals surface area (Å²) in [6.45, 7) is 0.959. The SMILES string of the molecule is SCCCCn1cncn1. The largest absolute Gasteiger partial charge is 0.253 e. The molecule has 0 bridgehead atoms. The summed E-state index contributed by atoms with van der Waals surface area (Å²) in [4.78, 5) is 3.83. The summed E-state index contributed by atoms with van der Waals surface area (Å²) in [6.07, 6.45) is 5.56. The van der Waals surface area contributed by atoms with Gasteiger partial charge in [-0.1, -0.05) is 0 Å². The smallest absolute Gasteiger partial charge is 0.137 e. The fourth-order valence-corrected chi connectivity index (χ4v) is 0.957. The second-order valence-corrected chi connectivity index (χ2v) is 2.54. The first-order chi connectivity index (χ1) is 4.93. The van der Waals surface area contributed by atoms with Gasteiger partial charge in [-0.05, 0) is 18.6 Å². The summed E-state index contributed by atoms with van der Waals surface area (Å²) in [5.74, 6) is 0.953. The van der Waals surface area contributed by atoms with Gasteiger partial charge in [0.05, 0.1) is 0 Å². The Morgan fingerprint density at radius 3 is 2.90 bits per heavy atom. The number of nitrogens with zero attached hydrogens (tertiary/aromatic N) is 3. The molecule has 1 aromatic rings. The van der Waals surface area contributed by atoms with E-state index in [0.717, 1.165) is 25.1 Å². The maximum Gasteiger partial charge on any atom is 0.137 e. The van der Waals surface area contributed by atoms with E-state index in [4.69, 9.17) is 0 Å². The van der Waals surface area contributed by atoms with Crippen molar-refractivity contribution < 1.29 is 0 Å². The van der Waals surface area contributed by atoms with Crippen molar-refractivity contribution in [3.8, 4) is 0 Å². The average Bonchev–Trinajstić information content (AvgIpc) is 2.41. The summed E-state index contributed by atoms with van der Waals surface area (Å²) < 4.78 is 1.84. The molecule has 0 saturated carbocycles. The first-order valence-corrected chi connectivity index (χ1v) is 4.00. The third-order valence-electron chi connectivity index (χ3n) is 1.26. The van der Waals surface area contributed by atoms with Gasteiger partial charge in [0.1, 0.15) is 12.7 Å². The van der Waals surface area contributed by atoms with Crippen LogP contribution in [0, 0.1) is 0 Å². The highest BCUT2D eigenvalue weighted by Gasteiger charge is 1.88. The zero-order valence-corrected chi connectivity index (χ0v) is 6.67. The molecule has 0 fully saturated rings. The maximum atomic E-state index is 4.11. The van der Waals surface area contributed by atoms with Crippen molar-refractivity contribution in [2.45, 2.75) is 19.4 Å². The summed E-state index contributed by atoms with van der Waals surface area (Å²) in [6, 6.07) is 0. The highest BCUT2D eigenvalue weighted by molar-refractivity contribution is 7.80. The molecule has 1 aromatic heterocycles. The predicted molar refractivity (Wildman–Crippen MR) is 43.1 cm³/mol. The number of aryl methyl sites for hydroxylation is 1. The van der Waals surface area contributed by atoms with Gasteiger partial charge in [0.25, 0.3) is 0 Å². The molecule has 0 aliphatic carbocycles. The number of thiol groups is 1. The number of aromatic nitrogens is 3. The quantitative estimate of drug-likeness (QED) is 0.522. The van der Waals surface area contributed by atoms with Crippen molar-refractivity contribution in [1.82, 2.24) is 14.8 Å². The first-order valence-electron chi connectivity index (χ1n) is 3.37. The monoisotopic (exact) mass is 157 g/mol. The summed E-state index contributed by atoms with van der Waals surface area (Å²) >= 11 is 4.11. The molecular weight excluding hydrogens is 146 g/mol. The van der Waals surface area contributed by atoms with Crippen molar-refractivity contribution in [3.63, 3.8) is 0 Å². The van der Waals surface area contributed by atoms with Gasteiger partial charge in [0.15, 0.2) is 0 Å². The van der Waals surface area contributed by atoms with Crippen LogP contribution >= 0.6 is 12.6 Å². The molecular formula is C6H11N3S. The Labute approximate surface area is 65.9 Å². The van der Waals surface area contributed by atoms with Crippen LogP contribution < -0.4 is 0 Å². The van der Waals surface area contributed by atoms with Gasteiger partial charge in [-0.15, -0.1) is 0 Å². The molecule has 0 saturated heterocycles. The maximum absolute atomic E-state index is 4.11. The Morgan fingerprint density at radius 2 is 2.30 bits per heavy atom. The summed E-state index contributed by atoms with van der Waals surface area (Å²) in [5, 5.41) is 3.97. The molecule has 3 nitrogen and oxygen atoms in total. The van der Waals surface area contributed by atoms with Crippen LogP contribution in [0.4, 0.5) is 0 Å². The number of hydrogen-bond acceptors (Lipinski definition) is 3. The Bertz CT molecular complexity index is 162. The van der Waals surface area contributed by atoms with Gasteiger partial charge >= 0.3 is 0 Å². The second-order valence-electron chi connectivity index (χ2n) is 2.09. The van der Waals surface area contributed by atoms with Gasteiger partial charge in [-0.3, -0.25) is 4.68 Å². The molecule has 56 valence electrons. The van der Waals surface area contributed by atoms with Gasteiger partial charge in [0.2, 0.25) is 0 Å². The normalized spacial score (nSPS) is 10.1. The standard InChI is InChI=1S/C6H11N3S/c10-4-2-1-3-9-6-7-5-8-9/h5-6,10H,1-4H2. The molecule has 0 radical (unpaired) electrons. The molecule has 10 heavy (non-hydrogen) atoms. The Morgan fingerprint density at radius 1 is 1.40 bits per heavy atom. The highest BCUT2D eigenvalue weighted by atomic mass is 32.1. The topological polar surface area (TPSA) is 30.7 Å². The van der Waals surface area contributed by atoms with Crippen LogP contribution in [-0.2, 0) is 6.54 Å². The minimum absolute atomic E-state index is 0.953. The Kier molecular flexibility index (Phi) is 3.29. The number of hydrogen-bond donors (Lipinski definition) is 1. The average molecular weight is 157 g/mol. The van der Waals surface area contributed by atoms with Crippen molar-refractivity contribution in [3.05, 3.63) is 12.7 Å². The number of rotatable bonds is 4. The predicted octanol–water partition coefficient (Wildman–Crippen LogP) is 0.988. The molecule has 0 aliphatic rings. The van der Waals surface area contributed by atoms with Crippen LogP contribution in [0.5, 0.6) is 0 Å². The minimum atomic E-state index is 0.953. The molecule has 0 N–H and O–H groups in total. The summed E-state index contributed by atoms with van der Waals surface area (Å²) in [7, 11) is 0. The second kappa shape index (κ2) is 4.33. The van der Waals surface area contributed by atoms with E-state index in [1.807, 2.05) is 4.68 Å². The number of unbranched alkanes of at least 4 members (excludes halogenated alkanes) is 1. The van der Waals surface area contributed by atoms with Crippen LogP contribution in [0.3, 0.4) is 0 Å². The van der Waals surface area contributed by atoms with E-state index in [2.05, 4.69) is 22.7 Å². The fraction of sp³-hybridized carbons (Fsp3) is 0.667. The lowest BCUT2D eigenvalue weighted by molar-refractivity contribution is 0.573. The van der Waals surface area contributed by atoms with Crippen molar-refractivity contribution in [2.24, 2.45) is 0 Å². The Balaban J connectivity index is 2.15. The van der Waals surface area contributed by atoms with Gasteiger partial charge in [0, 0.05) is 6.54 Å². The van der Waals surface area contributed by atoms with Crippen molar-refractivity contribution >= 4 is 12.6 Å². The zero-order chi connectivity index (χ0) is 7.23. The highest BCUT2D eigenvalue weighted by Crippen LogP contribution is 1.93. The van der Waals surface area contributed by atoms with E-state index in [9.17, 15) is 0 Å². The van der Waals surface area contributed by atoms with Crippen LogP contribution in [0.15, 0.2) is 12.7 Å². The molecule has 0 spiro atoms. The summed E-state index contributed by atoms with van der Waals surface area (Å²) in [5.41, 5.74) is 0. The molecule has 0 atom stereocenters. The van der Waals surface area contributed by atoms with Gasteiger partial charge in [-0.2, -0.15) is 17.7 Å². The lowest BCUT2D eigenvalue weighted by Crippen LogP contribution is -1.97. The molecule has 0 aromatic carbocycles. The van der Waals surface area contributed by atoms with Crippen LogP contribution in [0.2, 0.25) is 0 Å². The van der Waals surface area contributed by atoms with Gasteiger partial charge < -0.3 is 0 Å². The molecule has 0 unspecified atom stereocenters. The van der Waals surface area contributed by atoms with Gasteiger partial charge in [-0.25, -0.2) is 4.98 Å². The Hall–Kier alpha value is -0.510. The third kappa shape index (κ3) is 2.39. The molecule has 1 heterocycles. The lowest BCUT2D eigenvalue weighted by atomic mass is 10.3. The molecule has 1 rings (SSSR count). The van der Waals surface area contributed by atoms with Crippen LogP contribution in [0.1, 0.15) is 12.8 Å². The van der Waals surface area contributed by atoms with Crippen molar-refractivity contribution in [2.75, 3.05) is 5.75 Å². The van der Waals surface area contributed by atoms with E-state index in [1.165, 1.54) is 0 Å². The van der Waals surface area contributed by atoms with Crippen molar-refractivity contribution in [1.29, 1.82) is 0 Å².